The fourth-order valence-electron chi connectivity index (χ4n) is 3.11. The van der Waals surface area contributed by atoms with Crippen molar-refractivity contribution >= 4 is 11.8 Å². The number of imidazole rings is 1. The van der Waals surface area contributed by atoms with Crippen LogP contribution in [0.5, 0.6) is 0 Å². The van der Waals surface area contributed by atoms with E-state index in [9.17, 15) is 14.6 Å². The first kappa shape index (κ1) is 17.1. The van der Waals surface area contributed by atoms with Gasteiger partial charge < -0.3 is 30.6 Å². The molecule has 2 aromatic heterocycles. The van der Waals surface area contributed by atoms with Crippen LogP contribution in [0.1, 0.15) is 26.0 Å². The minimum atomic E-state index is -2.07. The number of ether oxygens (including phenoxy) is 1. The molecule has 0 amide bonds. The molecule has 140 valence electrons. The van der Waals surface area contributed by atoms with E-state index in [1.807, 2.05) is 0 Å². The van der Waals surface area contributed by atoms with Gasteiger partial charge in [0.05, 0.1) is 24.2 Å². The zero-order valence-corrected chi connectivity index (χ0v) is 14.2. The van der Waals surface area contributed by atoms with Crippen LogP contribution in [0.15, 0.2) is 18.7 Å². The summed E-state index contributed by atoms with van der Waals surface area (Å²) < 4.78 is 21.8. The highest BCUT2D eigenvalue weighted by Gasteiger charge is 2.54. The van der Waals surface area contributed by atoms with Gasteiger partial charge in [0.1, 0.15) is 18.0 Å². The van der Waals surface area contributed by atoms with Crippen LogP contribution >= 0.6 is 0 Å². The van der Waals surface area contributed by atoms with Crippen LogP contribution in [0.4, 0.5) is 16.2 Å². The summed E-state index contributed by atoms with van der Waals surface area (Å²) in [6, 6.07) is 0.359. The van der Waals surface area contributed by atoms with Gasteiger partial charge in [0, 0.05) is 18.4 Å². The molecular formula is C16H21FN6O3. The third-order valence-electron chi connectivity index (χ3n) is 4.77. The molecule has 1 saturated carbocycles. The lowest BCUT2D eigenvalue weighted by Crippen LogP contribution is -2.40. The maximum atomic E-state index is 14.9. The lowest BCUT2D eigenvalue weighted by Gasteiger charge is -2.24. The van der Waals surface area contributed by atoms with Gasteiger partial charge in [-0.2, -0.15) is 4.98 Å². The van der Waals surface area contributed by atoms with E-state index in [1.165, 1.54) is 17.8 Å². The van der Waals surface area contributed by atoms with Crippen molar-refractivity contribution < 1.29 is 19.3 Å². The number of nitrogens with zero attached hydrogens (tertiary/aromatic N) is 4. The molecule has 9 nitrogen and oxygen atoms in total. The SMILES string of the molecule is C[C@@]1(F)[C@H](O)[C@@H](CO)O[C@H]1n1cnc(-c2cnc(N)nc2NC2CC2)c1. The van der Waals surface area contributed by atoms with Crippen molar-refractivity contribution in [3.63, 3.8) is 0 Å². The zero-order valence-electron chi connectivity index (χ0n) is 14.2. The van der Waals surface area contributed by atoms with Crippen molar-refractivity contribution in [2.45, 2.75) is 49.9 Å². The predicted octanol–water partition coefficient (Wildman–Crippen LogP) is 0.475. The number of hydrogen-bond donors (Lipinski definition) is 4. The van der Waals surface area contributed by atoms with Gasteiger partial charge in [-0.1, -0.05) is 0 Å². The van der Waals surface area contributed by atoms with Crippen LogP contribution in [0.25, 0.3) is 11.3 Å². The molecule has 2 aromatic rings. The number of hydrogen-bond acceptors (Lipinski definition) is 8. The van der Waals surface area contributed by atoms with E-state index in [0.717, 1.165) is 12.8 Å². The number of rotatable bonds is 5. The van der Waals surface area contributed by atoms with Gasteiger partial charge in [0.2, 0.25) is 5.95 Å². The molecule has 10 heteroatoms. The minimum absolute atomic E-state index is 0.153. The zero-order chi connectivity index (χ0) is 18.5. The van der Waals surface area contributed by atoms with Crippen molar-refractivity contribution in [1.82, 2.24) is 19.5 Å². The highest BCUT2D eigenvalue weighted by atomic mass is 19.1. The molecule has 0 aromatic carbocycles. The molecule has 1 aliphatic carbocycles. The average molecular weight is 364 g/mol. The molecule has 0 radical (unpaired) electrons. The summed E-state index contributed by atoms with van der Waals surface area (Å²) in [5, 5.41) is 22.6. The third-order valence-corrected chi connectivity index (χ3v) is 4.77. The Kier molecular flexibility index (Phi) is 4.05. The van der Waals surface area contributed by atoms with Gasteiger partial charge in [0.15, 0.2) is 11.9 Å². The summed E-state index contributed by atoms with van der Waals surface area (Å²) in [5.74, 6) is 0.731. The number of nitrogens with one attached hydrogen (secondary N) is 1. The third kappa shape index (κ3) is 2.89. The number of halogens is 1. The maximum absolute atomic E-state index is 14.9. The molecule has 2 fully saturated rings. The average Bonchev–Trinajstić information content (AvgIpc) is 3.22. The second-order valence-corrected chi connectivity index (χ2v) is 6.92. The summed E-state index contributed by atoms with van der Waals surface area (Å²) >= 11 is 0. The molecule has 1 aliphatic heterocycles. The molecule has 3 heterocycles. The van der Waals surface area contributed by atoms with Crippen molar-refractivity contribution in [3.05, 3.63) is 18.7 Å². The lowest BCUT2D eigenvalue weighted by atomic mass is 9.99. The van der Waals surface area contributed by atoms with Gasteiger partial charge in [-0.3, -0.25) is 0 Å². The summed E-state index contributed by atoms with van der Waals surface area (Å²) in [6.45, 7) is 0.768. The molecule has 26 heavy (non-hydrogen) atoms. The molecule has 4 rings (SSSR count). The minimum Gasteiger partial charge on any atom is -0.394 e. The van der Waals surface area contributed by atoms with Crippen LogP contribution in [0.2, 0.25) is 0 Å². The van der Waals surface area contributed by atoms with E-state index in [2.05, 4.69) is 20.3 Å². The Hall–Kier alpha value is -2.30. The number of nitrogens with two attached hydrogens (primary N) is 1. The van der Waals surface area contributed by atoms with E-state index in [4.69, 9.17) is 10.5 Å². The van der Waals surface area contributed by atoms with Gasteiger partial charge in [-0.25, -0.2) is 14.4 Å². The van der Waals surface area contributed by atoms with Crippen LogP contribution in [-0.4, -0.2) is 60.3 Å². The predicted molar refractivity (Wildman–Crippen MR) is 90.8 cm³/mol. The molecule has 0 bridgehead atoms. The number of anilines is 2. The molecule has 1 saturated heterocycles. The summed E-state index contributed by atoms with van der Waals surface area (Å²) in [7, 11) is 0. The number of aromatic nitrogens is 4. The monoisotopic (exact) mass is 364 g/mol. The highest BCUT2D eigenvalue weighted by Crippen LogP contribution is 2.41. The van der Waals surface area contributed by atoms with Crippen LogP contribution in [0, 0.1) is 0 Å². The van der Waals surface area contributed by atoms with E-state index in [0.29, 0.717) is 23.1 Å². The normalized spacial score (nSPS) is 31.3. The standard InChI is InChI=1S/C16H21FN6O3/c1-16(17)12(25)11(6-24)26-14(16)23-5-10(20-7-23)9-4-19-15(18)22-13(9)21-8-2-3-8/h4-5,7-8,11-12,14,24-25H,2-3,6H2,1H3,(H3,18,19,21,22)/t11-,12-,14-,16-/m1/s1. The first-order valence-electron chi connectivity index (χ1n) is 8.46. The first-order chi connectivity index (χ1) is 12.4. The van der Waals surface area contributed by atoms with E-state index < -0.39 is 30.7 Å². The van der Waals surface area contributed by atoms with E-state index in [1.54, 1.807) is 12.4 Å². The van der Waals surface area contributed by atoms with Crippen molar-refractivity contribution in [2.75, 3.05) is 17.7 Å². The van der Waals surface area contributed by atoms with E-state index >= 15 is 0 Å². The Labute approximate surface area is 149 Å². The topological polar surface area (TPSA) is 131 Å². The number of aliphatic hydroxyl groups is 2. The van der Waals surface area contributed by atoms with Gasteiger partial charge >= 0.3 is 0 Å². The van der Waals surface area contributed by atoms with Crippen molar-refractivity contribution in [2.24, 2.45) is 0 Å². The largest absolute Gasteiger partial charge is 0.394 e. The second kappa shape index (κ2) is 6.15. The first-order valence-corrected chi connectivity index (χ1v) is 8.46. The van der Waals surface area contributed by atoms with Crippen molar-refractivity contribution in [1.29, 1.82) is 0 Å². The molecule has 0 spiro atoms. The van der Waals surface area contributed by atoms with Gasteiger partial charge in [0.25, 0.3) is 0 Å². The smallest absolute Gasteiger partial charge is 0.221 e. The van der Waals surface area contributed by atoms with Gasteiger partial charge in [-0.15, -0.1) is 0 Å². The van der Waals surface area contributed by atoms with Gasteiger partial charge in [-0.05, 0) is 19.8 Å². The fraction of sp³-hybridized carbons (Fsp3) is 0.562. The fourth-order valence-corrected chi connectivity index (χ4v) is 3.11. The molecule has 4 atom stereocenters. The Morgan fingerprint density at radius 3 is 2.88 bits per heavy atom. The lowest BCUT2D eigenvalue weighted by molar-refractivity contribution is -0.0586. The van der Waals surface area contributed by atoms with E-state index in [-0.39, 0.29) is 5.95 Å². The Morgan fingerprint density at radius 1 is 1.46 bits per heavy atom. The Morgan fingerprint density at radius 2 is 2.23 bits per heavy atom. The maximum Gasteiger partial charge on any atom is 0.221 e. The quantitative estimate of drug-likeness (QED) is 0.602. The van der Waals surface area contributed by atoms with Crippen LogP contribution < -0.4 is 11.1 Å². The summed E-state index contributed by atoms with van der Waals surface area (Å²) in [4.78, 5) is 12.5. The number of nitrogen functional groups attached to an aromatic ring is 1. The van der Waals surface area contributed by atoms with Crippen LogP contribution in [0.3, 0.4) is 0 Å². The molecule has 5 N–H and O–H groups in total. The number of alkyl halides is 1. The molecule has 2 aliphatic rings. The van der Waals surface area contributed by atoms with Crippen LogP contribution in [-0.2, 0) is 4.74 Å². The Balaban J connectivity index is 1.65. The number of aliphatic hydroxyl groups excluding tert-OH is 2. The van der Waals surface area contributed by atoms with Crippen molar-refractivity contribution in [3.8, 4) is 11.3 Å². The highest BCUT2D eigenvalue weighted by molar-refractivity contribution is 5.72. The Bertz CT molecular complexity index is 809. The molecular weight excluding hydrogens is 343 g/mol. The summed E-state index contributed by atoms with van der Waals surface area (Å²) in [5.41, 5.74) is 4.77. The summed E-state index contributed by atoms with van der Waals surface area (Å²) in [6.07, 6.45) is 3.18. The molecule has 0 unspecified atom stereocenters. The second-order valence-electron chi connectivity index (χ2n) is 6.92.